The minimum atomic E-state index is 0.550. The smallest absolute Gasteiger partial charge is 0.134 e. The first-order valence-electron chi connectivity index (χ1n) is 7.66. The molecule has 0 bridgehead atoms. The van der Waals surface area contributed by atoms with Crippen LogP contribution >= 0.6 is 12.2 Å². The van der Waals surface area contributed by atoms with Gasteiger partial charge >= 0.3 is 0 Å². The van der Waals surface area contributed by atoms with Crippen molar-refractivity contribution in [2.24, 2.45) is 10.9 Å². The van der Waals surface area contributed by atoms with E-state index in [9.17, 15) is 0 Å². The van der Waals surface area contributed by atoms with Crippen molar-refractivity contribution in [1.82, 2.24) is 5.32 Å². The van der Waals surface area contributed by atoms with Gasteiger partial charge in [-0.05, 0) is 55.7 Å². The van der Waals surface area contributed by atoms with E-state index in [-0.39, 0.29) is 0 Å². The summed E-state index contributed by atoms with van der Waals surface area (Å²) < 4.78 is 0. The zero-order valence-corrected chi connectivity index (χ0v) is 14.7. The van der Waals surface area contributed by atoms with Gasteiger partial charge in [-0.2, -0.15) is 0 Å². The van der Waals surface area contributed by atoms with Gasteiger partial charge < -0.3 is 5.32 Å². The van der Waals surface area contributed by atoms with E-state index in [1.807, 2.05) is 20.0 Å². The number of nitrogens with zero attached hydrogens (tertiary/aromatic N) is 1. The van der Waals surface area contributed by atoms with Gasteiger partial charge in [0.05, 0.1) is 0 Å². The summed E-state index contributed by atoms with van der Waals surface area (Å²) in [6.07, 6.45) is 8.74. The zero-order valence-electron chi connectivity index (χ0n) is 13.9. The molecule has 1 rings (SSSR count). The van der Waals surface area contributed by atoms with Crippen LogP contribution in [0.2, 0.25) is 0 Å². The topological polar surface area (TPSA) is 24.4 Å². The Morgan fingerprint density at radius 1 is 1.36 bits per heavy atom. The predicted molar refractivity (Wildman–Crippen MR) is 102 cm³/mol. The Hall–Kier alpha value is -1.74. The third-order valence-corrected chi connectivity index (χ3v) is 4.04. The molecule has 118 valence electrons. The van der Waals surface area contributed by atoms with Crippen molar-refractivity contribution in [3.05, 3.63) is 60.0 Å². The number of thiocarbonyl (C=S) groups is 1. The first-order chi connectivity index (χ1) is 10.5. The monoisotopic (exact) mass is 314 g/mol. The molecule has 0 spiro atoms. The normalized spacial score (nSPS) is 16.2. The van der Waals surface area contributed by atoms with E-state index >= 15 is 0 Å². The first-order valence-corrected chi connectivity index (χ1v) is 8.07. The molecule has 1 fully saturated rings. The summed E-state index contributed by atoms with van der Waals surface area (Å²) in [6, 6.07) is 0. The summed E-state index contributed by atoms with van der Waals surface area (Å²) in [6.45, 7) is 18.0. The van der Waals surface area contributed by atoms with Gasteiger partial charge in [-0.1, -0.05) is 45.0 Å². The summed E-state index contributed by atoms with van der Waals surface area (Å²) >= 11 is 5.45. The molecule has 0 saturated heterocycles. The van der Waals surface area contributed by atoms with E-state index in [2.05, 4.69) is 37.0 Å². The molecule has 0 heterocycles. The van der Waals surface area contributed by atoms with Crippen LogP contribution in [0.3, 0.4) is 0 Å². The van der Waals surface area contributed by atoms with Gasteiger partial charge in [0.2, 0.25) is 0 Å². The quantitative estimate of drug-likeness (QED) is 0.286. The van der Waals surface area contributed by atoms with Gasteiger partial charge in [0.25, 0.3) is 0 Å². The summed E-state index contributed by atoms with van der Waals surface area (Å²) in [5.74, 6) is 0.550. The standard InChI is InChI=1S/C19H26N2S/c1-7-13(4)16(8-2)12-21-15(6)18(19(22)20-9-3)14(5)17-10-11-17/h7,9,12,17,21H,1,4-5,8,10-11H2,2-3,6H3/b16-12-,18-15-,20-9?. The van der Waals surface area contributed by atoms with Crippen molar-refractivity contribution in [3.63, 3.8) is 0 Å². The molecular weight excluding hydrogens is 288 g/mol. The maximum atomic E-state index is 5.45. The molecule has 1 aliphatic rings. The van der Waals surface area contributed by atoms with Crippen LogP contribution in [-0.4, -0.2) is 11.2 Å². The second-order valence-electron chi connectivity index (χ2n) is 5.39. The first kappa shape index (κ1) is 18.3. The summed E-state index contributed by atoms with van der Waals surface area (Å²) in [4.78, 5) is 4.86. The van der Waals surface area contributed by atoms with Crippen molar-refractivity contribution in [1.29, 1.82) is 0 Å². The van der Waals surface area contributed by atoms with Crippen LogP contribution in [0.5, 0.6) is 0 Å². The molecular formula is C19H26N2S. The molecule has 0 aromatic rings. The van der Waals surface area contributed by atoms with Crippen molar-refractivity contribution < 1.29 is 0 Å². The molecule has 0 aromatic carbocycles. The maximum absolute atomic E-state index is 5.45. The Kier molecular flexibility index (Phi) is 7.19. The van der Waals surface area contributed by atoms with Crippen LogP contribution in [0.15, 0.2) is 65.0 Å². The van der Waals surface area contributed by atoms with Crippen LogP contribution in [0.4, 0.5) is 0 Å². The fourth-order valence-electron chi connectivity index (χ4n) is 2.18. The van der Waals surface area contributed by atoms with Crippen LogP contribution in [-0.2, 0) is 0 Å². The third kappa shape index (κ3) is 4.92. The zero-order chi connectivity index (χ0) is 16.7. The molecule has 0 radical (unpaired) electrons. The molecule has 22 heavy (non-hydrogen) atoms. The number of nitrogens with one attached hydrogen (secondary N) is 1. The molecule has 3 heteroatoms. The highest BCUT2D eigenvalue weighted by atomic mass is 32.1. The predicted octanol–water partition coefficient (Wildman–Crippen LogP) is 5.27. The number of hydrogen-bond donors (Lipinski definition) is 1. The Balaban J connectivity index is 3.07. The largest absolute Gasteiger partial charge is 0.364 e. The maximum Gasteiger partial charge on any atom is 0.134 e. The molecule has 2 nitrogen and oxygen atoms in total. The highest BCUT2D eigenvalue weighted by molar-refractivity contribution is 7.80. The molecule has 0 aromatic heterocycles. The van der Waals surface area contributed by atoms with Crippen LogP contribution in [0, 0.1) is 5.92 Å². The van der Waals surface area contributed by atoms with Gasteiger partial charge in [0, 0.05) is 23.7 Å². The van der Waals surface area contributed by atoms with Crippen molar-refractivity contribution in [3.8, 4) is 0 Å². The number of rotatable bonds is 8. The fourth-order valence-corrected chi connectivity index (χ4v) is 2.57. The van der Waals surface area contributed by atoms with E-state index in [0.29, 0.717) is 10.9 Å². The molecule has 0 atom stereocenters. The summed E-state index contributed by atoms with van der Waals surface area (Å²) in [5, 5.41) is 3.34. The fraction of sp³-hybridized carbons (Fsp3) is 0.368. The Morgan fingerprint density at radius 3 is 2.45 bits per heavy atom. The van der Waals surface area contributed by atoms with Crippen LogP contribution in [0.1, 0.15) is 40.0 Å². The number of aliphatic imine (C=N–C) groups is 1. The lowest BCUT2D eigenvalue weighted by Gasteiger charge is -2.14. The Labute approximate surface area is 140 Å². The summed E-state index contributed by atoms with van der Waals surface area (Å²) in [5.41, 5.74) is 5.09. The molecule has 1 saturated carbocycles. The second-order valence-corrected chi connectivity index (χ2v) is 5.78. The lowest BCUT2D eigenvalue weighted by atomic mass is 10.0. The van der Waals surface area contributed by atoms with E-state index in [4.69, 9.17) is 12.2 Å². The Morgan fingerprint density at radius 2 is 2.00 bits per heavy atom. The SMILES string of the molecule is C=CC(=C)/C(=C\N/C(C)=C(/C(=C)C1CC1)C(=S)N=CC)CC. The van der Waals surface area contributed by atoms with E-state index in [0.717, 1.165) is 34.4 Å². The molecule has 0 unspecified atom stereocenters. The van der Waals surface area contributed by atoms with Gasteiger partial charge in [-0.3, -0.25) is 0 Å². The number of allylic oxidation sites excluding steroid dienone is 4. The lowest BCUT2D eigenvalue weighted by molar-refractivity contribution is 0.970. The Bertz CT molecular complexity index is 572. The molecule has 1 aliphatic carbocycles. The van der Waals surface area contributed by atoms with Gasteiger partial charge in [-0.15, -0.1) is 0 Å². The average molecular weight is 314 g/mol. The number of hydrogen-bond acceptors (Lipinski definition) is 2. The minimum Gasteiger partial charge on any atom is -0.364 e. The minimum absolute atomic E-state index is 0.550. The third-order valence-electron chi connectivity index (χ3n) is 3.73. The summed E-state index contributed by atoms with van der Waals surface area (Å²) in [7, 11) is 0. The molecule has 0 aliphatic heterocycles. The van der Waals surface area contributed by atoms with E-state index in [1.165, 1.54) is 12.8 Å². The highest BCUT2D eigenvalue weighted by Gasteiger charge is 2.28. The second kappa shape index (κ2) is 8.64. The highest BCUT2D eigenvalue weighted by Crippen LogP contribution is 2.40. The lowest BCUT2D eigenvalue weighted by Crippen LogP contribution is -2.13. The van der Waals surface area contributed by atoms with E-state index < -0.39 is 0 Å². The van der Waals surface area contributed by atoms with Crippen molar-refractivity contribution in [2.45, 2.75) is 40.0 Å². The van der Waals surface area contributed by atoms with E-state index in [1.54, 1.807) is 12.3 Å². The van der Waals surface area contributed by atoms with Crippen molar-refractivity contribution >= 4 is 23.4 Å². The van der Waals surface area contributed by atoms with Crippen LogP contribution in [0.25, 0.3) is 0 Å². The van der Waals surface area contributed by atoms with Crippen molar-refractivity contribution in [2.75, 3.05) is 0 Å². The molecule has 1 N–H and O–H groups in total. The molecule has 0 amide bonds. The van der Waals surface area contributed by atoms with Gasteiger partial charge in [0.15, 0.2) is 0 Å². The van der Waals surface area contributed by atoms with Gasteiger partial charge in [-0.25, -0.2) is 4.99 Å². The van der Waals surface area contributed by atoms with Gasteiger partial charge in [0.1, 0.15) is 4.99 Å². The average Bonchev–Trinajstić information content (AvgIpc) is 3.32. The van der Waals surface area contributed by atoms with Crippen LogP contribution < -0.4 is 5.32 Å².